The summed E-state index contributed by atoms with van der Waals surface area (Å²) >= 11 is 0. The topological polar surface area (TPSA) is 64.3 Å². The van der Waals surface area contributed by atoms with Crippen molar-refractivity contribution in [2.75, 3.05) is 19.7 Å². The van der Waals surface area contributed by atoms with Gasteiger partial charge in [-0.25, -0.2) is 0 Å². The predicted octanol–water partition coefficient (Wildman–Crippen LogP) is 0.0205. The van der Waals surface area contributed by atoms with Gasteiger partial charge < -0.3 is 15.8 Å². The fourth-order valence-corrected chi connectivity index (χ4v) is 1.54. The van der Waals surface area contributed by atoms with E-state index in [4.69, 9.17) is 10.5 Å². The third kappa shape index (κ3) is 3.74. The van der Waals surface area contributed by atoms with E-state index in [0.717, 1.165) is 26.0 Å². The number of nitrogens with one attached hydrogen (secondary N) is 1. The highest BCUT2D eigenvalue weighted by Crippen LogP contribution is 2.23. The molecule has 4 heteroatoms. The van der Waals surface area contributed by atoms with Gasteiger partial charge in [0.2, 0.25) is 5.91 Å². The molecule has 13 heavy (non-hydrogen) atoms. The van der Waals surface area contributed by atoms with Crippen LogP contribution in [-0.4, -0.2) is 31.2 Å². The number of primary amides is 1. The van der Waals surface area contributed by atoms with Crippen LogP contribution in [-0.2, 0) is 9.53 Å². The molecule has 1 saturated heterocycles. The van der Waals surface area contributed by atoms with Crippen molar-refractivity contribution in [1.82, 2.24) is 5.32 Å². The van der Waals surface area contributed by atoms with Crippen LogP contribution >= 0.6 is 0 Å². The van der Waals surface area contributed by atoms with Gasteiger partial charge in [0, 0.05) is 26.1 Å². The molecule has 0 aromatic carbocycles. The first-order chi connectivity index (χ1) is 6.12. The van der Waals surface area contributed by atoms with Crippen molar-refractivity contribution in [2.45, 2.75) is 31.8 Å². The van der Waals surface area contributed by atoms with Gasteiger partial charge in [0.1, 0.15) is 0 Å². The van der Waals surface area contributed by atoms with E-state index in [2.05, 4.69) is 12.2 Å². The maximum atomic E-state index is 10.4. The number of carbonyl (C=O) groups excluding carboxylic acids is 1. The molecule has 76 valence electrons. The van der Waals surface area contributed by atoms with E-state index in [1.165, 1.54) is 0 Å². The molecule has 1 aliphatic rings. The molecule has 1 rings (SSSR count). The summed E-state index contributed by atoms with van der Waals surface area (Å²) in [6.07, 6.45) is 2.63. The third-order valence-electron chi connectivity index (χ3n) is 2.35. The van der Waals surface area contributed by atoms with Crippen LogP contribution in [0.5, 0.6) is 0 Å². The lowest BCUT2D eigenvalue weighted by atomic mass is 10.0. The highest BCUT2D eigenvalue weighted by molar-refractivity contribution is 5.73. The zero-order valence-electron chi connectivity index (χ0n) is 8.14. The molecule has 1 fully saturated rings. The van der Waals surface area contributed by atoms with Crippen LogP contribution in [0.3, 0.4) is 0 Å². The fraction of sp³-hybridized carbons (Fsp3) is 0.889. The highest BCUT2D eigenvalue weighted by Gasteiger charge is 2.28. The molecule has 1 atom stereocenters. The van der Waals surface area contributed by atoms with Crippen molar-refractivity contribution in [1.29, 1.82) is 0 Å². The van der Waals surface area contributed by atoms with E-state index in [1.54, 1.807) is 0 Å². The minimum Gasteiger partial charge on any atom is -0.374 e. The maximum Gasteiger partial charge on any atom is 0.218 e. The van der Waals surface area contributed by atoms with Crippen molar-refractivity contribution >= 4 is 5.91 Å². The van der Waals surface area contributed by atoms with Crippen LogP contribution in [0, 0.1) is 0 Å². The summed E-state index contributed by atoms with van der Waals surface area (Å²) in [7, 11) is 0. The minimum atomic E-state index is -0.259. The van der Waals surface area contributed by atoms with Gasteiger partial charge >= 0.3 is 0 Å². The molecular formula is C9H18N2O2. The minimum absolute atomic E-state index is 0.0301. The van der Waals surface area contributed by atoms with Crippen molar-refractivity contribution in [3.05, 3.63) is 0 Å². The molecule has 4 nitrogen and oxygen atoms in total. The molecule has 0 spiro atoms. The summed E-state index contributed by atoms with van der Waals surface area (Å²) in [6, 6.07) is 0. The van der Waals surface area contributed by atoms with E-state index in [9.17, 15) is 4.79 Å². The molecular weight excluding hydrogens is 168 g/mol. The van der Waals surface area contributed by atoms with Crippen LogP contribution in [0.15, 0.2) is 0 Å². The Kier molecular flexibility index (Phi) is 3.69. The average Bonchev–Trinajstić information content (AvgIpc) is 2.47. The molecule has 0 aromatic heterocycles. The van der Waals surface area contributed by atoms with Gasteiger partial charge in [0.15, 0.2) is 0 Å². The number of nitrogens with two attached hydrogens (primary N) is 1. The Balaban J connectivity index is 2.07. The summed E-state index contributed by atoms with van der Waals surface area (Å²) in [5.41, 5.74) is 4.98. The van der Waals surface area contributed by atoms with E-state index in [0.29, 0.717) is 13.0 Å². The van der Waals surface area contributed by atoms with Gasteiger partial charge in [0.25, 0.3) is 0 Å². The van der Waals surface area contributed by atoms with Gasteiger partial charge in [-0.1, -0.05) is 0 Å². The summed E-state index contributed by atoms with van der Waals surface area (Å²) in [5.74, 6) is -0.259. The monoisotopic (exact) mass is 186 g/mol. The van der Waals surface area contributed by atoms with Gasteiger partial charge in [-0.2, -0.15) is 0 Å². The summed E-state index contributed by atoms with van der Waals surface area (Å²) in [4.78, 5) is 10.4. The smallest absolute Gasteiger partial charge is 0.218 e. The number of rotatable bonds is 5. The fourth-order valence-electron chi connectivity index (χ4n) is 1.54. The zero-order valence-corrected chi connectivity index (χ0v) is 8.14. The van der Waals surface area contributed by atoms with Crippen molar-refractivity contribution in [3.8, 4) is 0 Å². The lowest BCUT2D eigenvalue weighted by molar-refractivity contribution is -0.118. The molecule has 3 N–H and O–H groups in total. The number of hydrogen-bond acceptors (Lipinski definition) is 3. The molecule has 1 unspecified atom stereocenters. The second kappa shape index (κ2) is 4.58. The Morgan fingerprint density at radius 2 is 2.46 bits per heavy atom. The number of amides is 1. The van der Waals surface area contributed by atoms with Crippen molar-refractivity contribution in [2.24, 2.45) is 5.73 Å². The van der Waals surface area contributed by atoms with E-state index in [1.807, 2.05) is 0 Å². The molecule has 0 saturated carbocycles. The largest absolute Gasteiger partial charge is 0.374 e. The van der Waals surface area contributed by atoms with Gasteiger partial charge in [-0.3, -0.25) is 4.79 Å². The van der Waals surface area contributed by atoms with Crippen molar-refractivity contribution in [3.63, 3.8) is 0 Å². The zero-order chi connectivity index (χ0) is 9.73. The predicted molar refractivity (Wildman–Crippen MR) is 50.3 cm³/mol. The highest BCUT2D eigenvalue weighted by atomic mass is 16.5. The van der Waals surface area contributed by atoms with Gasteiger partial charge in [0.05, 0.1) is 5.60 Å². The van der Waals surface area contributed by atoms with E-state index in [-0.39, 0.29) is 11.5 Å². The lowest BCUT2D eigenvalue weighted by Gasteiger charge is -2.23. The van der Waals surface area contributed by atoms with Crippen LogP contribution in [0.4, 0.5) is 0 Å². The molecule has 0 aromatic rings. The molecule has 0 radical (unpaired) electrons. The van der Waals surface area contributed by atoms with E-state index < -0.39 is 0 Å². The SMILES string of the molecule is CC1(CNCCC(N)=O)CCCO1. The molecule has 1 amide bonds. The van der Waals surface area contributed by atoms with Crippen molar-refractivity contribution < 1.29 is 9.53 Å². The Hall–Kier alpha value is -0.610. The van der Waals surface area contributed by atoms with E-state index >= 15 is 0 Å². The average molecular weight is 186 g/mol. The first-order valence-electron chi connectivity index (χ1n) is 4.75. The van der Waals surface area contributed by atoms with Crippen LogP contribution in [0.2, 0.25) is 0 Å². The first kappa shape index (κ1) is 10.5. The quantitative estimate of drug-likeness (QED) is 0.595. The molecule has 1 aliphatic heterocycles. The van der Waals surface area contributed by atoms with Gasteiger partial charge in [-0.15, -0.1) is 0 Å². The molecule has 0 bridgehead atoms. The van der Waals surface area contributed by atoms with Crippen LogP contribution < -0.4 is 11.1 Å². The second-order valence-electron chi connectivity index (χ2n) is 3.80. The summed E-state index contributed by atoms with van der Waals surface area (Å²) in [6.45, 7) is 4.40. The standard InChI is InChI=1S/C9H18N2O2/c1-9(4-2-6-13-9)7-11-5-3-8(10)12/h11H,2-7H2,1H3,(H2,10,12). The lowest BCUT2D eigenvalue weighted by Crippen LogP contribution is -2.38. The Bertz CT molecular complexity index is 176. The van der Waals surface area contributed by atoms with Gasteiger partial charge in [-0.05, 0) is 19.8 Å². The number of hydrogen-bond donors (Lipinski definition) is 2. The number of ether oxygens (including phenoxy) is 1. The Labute approximate surface area is 78.8 Å². The summed E-state index contributed by atoms with van der Waals surface area (Å²) < 4.78 is 5.57. The molecule has 0 aliphatic carbocycles. The maximum absolute atomic E-state index is 10.4. The second-order valence-corrected chi connectivity index (χ2v) is 3.80. The molecule has 1 heterocycles. The Morgan fingerprint density at radius 3 is 3.00 bits per heavy atom. The summed E-state index contributed by atoms with van der Waals surface area (Å²) in [5, 5.41) is 3.17. The van der Waals surface area contributed by atoms with Crippen LogP contribution in [0.25, 0.3) is 0 Å². The third-order valence-corrected chi connectivity index (χ3v) is 2.35. The van der Waals surface area contributed by atoms with Crippen LogP contribution in [0.1, 0.15) is 26.2 Å². The first-order valence-corrected chi connectivity index (χ1v) is 4.75. The normalized spacial score (nSPS) is 27.8. The number of carbonyl (C=O) groups is 1. The Morgan fingerprint density at radius 1 is 1.69 bits per heavy atom.